The Morgan fingerprint density at radius 2 is 2.07 bits per heavy atom. The molecule has 0 aliphatic carbocycles. The van der Waals surface area contributed by atoms with Gasteiger partial charge in [-0.25, -0.2) is 0 Å². The van der Waals surface area contributed by atoms with Gasteiger partial charge in [0.05, 0.1) is 0 Å². The molecule has 3 N–H and O–H groups in total. The van der Waals surface area contributed by atoms with Crippen molar-refractivity contribution in [3.8, 4) is 0 Å². The fraction of sp³-hybridized carbons (Fsp3) is 1.00. The molecule has 0 radical (unpaired) electrons. The number of rotatable bonds is 7. The molecular weight excluding hydrogens is 174 g/mol. The Labute approximate surface area is 88.0 Å². The first kappa shape index (κ1) is 12.0. The summed E-state index contributed by atoms with van der Waals surface area (Å²) in [6.45, 7) is 9.22. The Hall–Kier alpha value is -0.120. The summed E-state index contributed by atoms with van der Waals surface area (Å²) in [7, 11) is 0. The van der Waals surface area contributed by atoms with Crippen molar-refractivity contribution in [1.82, 2.24) is 10.2 Å². The van der Waals surface area contributed by atoms with Gasteiger partial charge in [-0.15, -0.1) is 0 Å². The van der Waals surface area contributed by atoms with Gasteiger partial charge in [-0.3, -0.25) is 0 Å². The molecule has 1 unspecified atom stereocenters. The normalized spacial score (nSPS) is 20.1. The van der Waals surface area contributed by atoms with Crippen LogP contribution in [0.25, 0.3) is 0 Å². The summed E-state index contributed by atoms with van der Waals surface area (Å²) in [5.41, 5.74) is 5.43. The highest BCUT2D eigenvalue weighted by molar-refractivity contribution is 4.69. The molecule has 3 heteroatoms. The van der Waals surface area contributed by atoms with E-state index in [-0.39, 0.29) is 0 Å². The molecule has 0 amide bonds. The first-order chi connectivity index (χ1) is 6.83. The minimum Gasteiger partial charge on any atom is -0.330 e. The van der Waals surface area contributed by atoms with Crippen LogP contribution in [0.1, 0.15) is 26.2 Å². The van der Waals surface area contributed by atoms with Crippen molar-refractivity contribution < 1.29 is 0 Å². The quantitative estimate of drug-likeness (QED) is 0.592. The monoisotopic (exact) mass is 199 g/mol. The Kier molecular flexibility index (Phi) is 6.15. The van der Waals surface area contributed by atoms with E-state index in [1.807, 2.05) is 0 Å². The smallest absolute Gasteiger partial charge is 0.00191 e. The molecule has 1 fully saturated rings. The molecule has 3 nitrogen and oxygen atoms in total. The van der Waals surface area contributed by atoms with E-state index in [0.717, 1.165) is 32.0 Å². The van der Waals surface area contributed by atoms with Crippen LogP contribution in [0.2, 0.25) is 0 Å². The fourth-order valence-electron chi connectivity index (χ4n) is 2.05. The summed E-state index contributed by atoms with van der Waals surface area (Å²) < 4.78 is 0. The van der Waals surface area contributed by atoms with E-state index in [0.29, 0.717) is 0 Å². The van der Waals surface area contributed by atoms with Crippen LogP contribution < -0.4 is 11.1 Å². The molecule has 1 rings (SSSR count). The van der Waals surface area contributed by atoms with Gasteiger partial charge in [-0.2, -0.15) is 0 Å². The Morgan fingerprint density at radius 3 is 2.71 bits per heavy atom. The average molecular weight is 199 g/mol. The molecule has 1 aliphatic rings. The molecular formula is C11H25N3. The topological polar surface area (TPSA) is 41.3 Å². The highest BCUT2D eigenvalue weighted by Gasteiger charge is 2.13. The predicted octanol–water partition coefficient (Wildman–Crippen LogP) is 0.657. The van der Waals surface area contributed by atoms with Crippen molar-refractivity contribution in [2.24, 2.45) is 11.7 Å². The maximum atomic E-state index is 5.43. The molecule has 0 aromatic rings. The lowest BCUT2D eigenvalue weighted by molar-refractivity contribution is 0.283. The first-order valence-electron chi connectivity index (χ1n) is 5.96. The summed E-state index contributed by atoms with van der Waals surface area (Å²) >= 11 is 0. The van der Waals surface area contributed by atoms with Gasteiger partial charge >= 0.3 is 0 Å². The number of nitrogens with zero attached hydrogens (tertiary/aromatic N) is 1. The van der Waals surface area contributed by atoms with Gasteiger partial charge < -0.3 is 16.0 Å². The van der Waals surface area contributed by atoms with Crippen LogP contribution in [-0.4, -0.2) is 44.2 Å². The van der Waals surface area contributed by atoms with E-state index < -0.39 is 0 Å². The molecule has 1 saturated heterocycles. The van der Waals surface area contributed by atoms with Crippen molar-refractivity contribution in [2.75, 3.05) is 39.3 Å². The maximum absolute atomic E-state index is 5.43. The molecule has 0 spiro atoms. The highest BCUT2D eigenvalue weighted by atomic mass is 15.1. The second-order valence-electron chi connectivity index (χ2n) is 4.46. The minimum atomic E-state index is 0.769. The van der Waals surface area contributed by atoms with Crippen molar-refractivity contribution in [3.05, 3.63) is 0 Å². The Bertz CT molecular complexity index is 132. The first-order valence-corrected chi connectivity index (χ1v) is 5.96. The summed E-state index contributed by atoms with van der Waals surface area (Å²) in [5, 5.41) is 3.45. The van der Waals surface area contributed by atoms with Gasteiger partial charge in [0.1, 0.15) is 0 Å². The minimum absolute atomic E-state index is 0.769. The highest BCUT2D eigenvalue weighted by Crippen LogP contribution is 2.09. The second kappa shape index (κ2) is 7.21. The SMILES string of the molecule is CC(CNCCCN)CN1CCCC1. The lowest BCUT2D eigenvalue weighted by atomic mass is 10.1. The zero-order valence-corrected chi connectivity index (χ0v) is 9.47. The molecule has 1 atom stereocenters. The van der Waals surface area contributed by atoms with Crippen LogP contribution in [0.15, 0.2) is 0 Å². The van der Waals surface area contributed by atoms with Gasteiger partial charge in [0.2, 0.25) is 0 Å². The van der Waals surface area contributed by atoms with Gasteiger partial charge in [-0.05, 0) is 57.9 Å². The lowest BCUT2D eigenvalue weighted by Gasteiger charge is -2.20. The number of likely N-dealkylation sites (tertiary alicyclic amines) is 1. The van der Waals surface area contributed by atoms with Crippen LogP contribution in [0.4, 0.5) is 0 Å². The molecule has 84 valence electrons. The largest absolute Gasteiger partial charge is 0.330 e. The van der Waals surface area contributed by atoms with E-state index in [4.69, 9.17) is 5.73 Å². The predicted molar refractivity (Wildman–Crippen MR) is 61.4 cm³/mol. The zero-order valence-electron chi connectivity index (χ0n) is 9.47. The molecule has 0 bridgehead atoms. The molecule has 0 saturated carbocycles. The van der Waals surface area contributed by atoms with E-state index in [2.05, 4.69) is 17.1 Å². The Morgan fingerprint density at radius 1 is 1.36 bits per heavy atom. The van der Waals surface area contributed by atoms with Crippen molar-refractivity contribution in [3.63, 3.8) is 0 Å². The third-order valence-corrected chi connectivity index (χ3v) is 2.82. The third-order valence-electron chi connectivity index (χ3n) is 2.82. The number of hydrogen-bond acceptors (Lipinski definition) is 3. The zero-order chi connectivity index (χ0) is 10.2. The van der Waals surface area contributed by atoms with Crippen LogP contribution in [-0.2, 0) is 0 Å². The summed E-state index contributed by atoms with van der Waals surface area (Å²) in [4.78, 5) is 2.58. The van der Waals surface area contributed by atoms with Crippen LogP contribution >= 0.6 is 0 Å². The Balaban J connectivity index is 1.95. The van der Waals surface area contributed by atoms with Gasteiger partial charge in [-0.1, -0.05) is 6.92 Å². The van der Waals surface area contributed by atoms with E-state index >= 15 is 0 Å². The van der Waals surface area contributed by atoms with Gasteiger partial charge in [0, 0.05) is 6.54 Å². The third kappa shape index (κ3) is 4.94. The van der Waals surface area contributed by atoms with Crippen LogP contribution in [0.5, 0.6) is 0 Å². The van der Waals surface area contributed by atoms with Gasteiger partial charge in [0.25, 0.3) is 0 Å². The molecule has 0 aromatic heterocycles. The average Bonchev–Trinajstić information content (AvgIpc) is 2.65. The van der Waals surface area contributed by atoms with Gasteiger partial charge in [0.15, 0.2) is 0 Å². The number of nitrogens with one attached hydrogen (secondary N) is 1. The van der Waals surface area contributed by atoms with Crippen molar-refractivity contribution in [2.45, 2.75) is 26.2 Å². The van der Waals surface area contributed by atoms with Crippen LogP contribution in [0, 0.1) is 5.92 Å². The summed E-state index contributed by atoms with van der Waals surface area (Å²) in [5.74, 6) is 0.769. The van der Waals surface area contributed by atoms with E-state index in [1.54, 1.807) is 0 Å². The lowest BCUT2D eigenvalue weighted by Crippen LogP contribution is -2.32. The molecule has 0 aromatic carbocycles. The van der Waals surface area contributed by atoms with E-state index in [9.17, 15) is 0 Å². The number of hydrogen-bond donors (Lipinski definition) is 2. The number of nitrogens with two attached hydrogens (primary N) is 1. The molecule has 1 aliphatic heterocycles. The standard InChI is InChI=1S/C11H25N3/c1-11(9-13-6-4-5-12)10-14-7-2-3-8-14/h11,13H,2-10,12H2,1H3. The maximum Gasteiger partial charge on any atom is 0.00191 e. The van der Waals surface area contributed by atoms with E-state index in [1.165, 1.54) is 32.5 Å². The molecule has 14 heavy (non-hydrogen) atoms. The summed E-state index contributed by atoms with van der Waals surface area (Å²) in [6, 6.07) is 0. The van der Waals surface area contributed by atoms with Crippen molar-refractivity contribution in [1.29, 1.82) is 0 Å². The fourth-order valence-corrected chi connectivity index (χ4v) is 2.05. The van der Waals surface area contributed by atoms with Crippen LogP contribution in [0.3, 0.4) is 0 Å². The summed E-state index contributed by atoms with van der Waals surface area (Å²) in [6.07, 6.45) is 3.89. The second-order valence-corrected chi connectivity index (χ2v) is 4.46. The molecule has 1 heterocycles. The van der Waals surface area contributed by atoms with Crippen molar-refractivity contribution >= 4 is 0 Å².